The van der Waals surface area contributed by atoms with E-state index in [0.29, 0.717) is 24.3 Å². The van der Waals surface area contributed by atoms with Crippen molar-refractivity contribution in [3.05, 3.63) is 60.7 Å². The van der Waals surface area contributed by atoms with E-state index < -0.39 is 69.8 Å². The van der Waals surface area contributed by atoms with Gasteiger partial charge in [-0.3, -0.25) is 9.69 Å². The highest BCUT2D eigenvalue weighted by Gasteiger charge is 2.95. The summed E-state index contributed by atoms with van der Waals surface area (Å²) >= 11 is 0. The Labute approximate surface area is 211 Å². The molecule has 0 heterocycles. The van der Waals surface area contributed by atoms with E-state index in [1.54, 1.807) is 0 Å². The van der Waals surface area contributed by atoms with Crippen LogP contribution in [0.15, 0.2) is 60.7 Å². The normalized spacial score (nSPS) is 14.7. The van der Waals surface area contributed by atoms with Crippen LogP contribution in [0.1, 0.15) is 0 Å². The van der Waals surface area contributed by atoms with Gasteiger partial charge in [0.1, 0.15) is 0 Å². The molecule has 0 spiro atoms. The molecule has 1 amide bonds. The summed E-state index contributed by atoms with van der Waals surface area (Å²) in [5.74, 6) is -61.9. The third-order valence-electron chi connectivity index (χ3n) is 5.22. The highest BCUT2D eigenvalue weighted by molar-refractivity contribution is 6.05. The summed E-state index contributed by atoms with van der Waals surface area (Å²) in [6.07, 6.45) is -7.85. The largest absolute Gasteiger partial charge is 0.460 e. The van der Waals surface area contributed by atoms with Crippen LogP contribution in [-0.2, 0) is 4.79 Å². The molecular formula is C21H10F17NO. The van der Waals surface area contributed by atoms with Crippen LogP contribution in [0.25, 0.3) is 0 Å². The van der Waals surface area contributed by atoms with Gasteiger partial charge in [0.05, 0.1) is 0 Å². The molecule has 2 rings (SSSR count). The summed E-state index contributed by atoms with van der Waals surface area (Å²) in [5.41, 5.74) is -1.68. The molecule has 0 saturated heterocycles. The first-order valence-electron chi connectivity index (χ1n) is 9.91. The van der Waals surface area contributed by atoms with E-state index in [1.165, 1.54) is 0 Å². The highest BCUT2D eigenvalue weighted by atomic mass is 19.4. The minimum atomic E-state index is -8.77. The maximum absolute atomic E-state index is 14.6. The summed E-state index contributed by atoms with van der Waals surface area (Å²) < 4.78 is 231. The van der Waals surface area contributed by atoms with Crippen molar-refractivity contribution in [1.82, 2.24) is 0 Å². The molecule has 0 aliphatic carbocycles. The molecule has 0 saturated carbocycles. The minimum Gasteiger partial charge on any atom is -0.276 e. The Balaban J connectivity index is 2.71. The second kappa shape index (κ2) is 9.67. The van der Waals surface area contributed by atoms with Gasteiger partial charge in [-0.2, -0.15) is 74.6 Å². The van der Waals surface area contributed by atoms with Crippen molar-refractivity contribution in [3.63, 3.8) is 0 Å². The number of benzene rings is 2. The van der Waals surface area contributed by atoms with E-state index in [2.05, 4.69) is 0 Å². The lowest BCUT2D eigenvalue weighted by Crippen LogP contribution is -2.75. The van der Waals surface area contributed by atoms with Crippen LogP contribution >= 0.6 is 0 Å². The van der Waals surface area contributed by atoms with Crippen molar-refractivity contribution >= 4 is 17.3 Å². The molecule has 0 radical (unpaired) electrons. The summed E-state index contributed by atoms with van der Waals surface area (Å²) in [4.78, 5) is 11.9. The third-order valence-corrected chi connectivity index (χ3v) is 5.22. The second-order valence-electron chi connectivity index (χ2n) is 7.83. The summed E-state index contributed by atoms with van der Waals surface area (Å²) in [7, 11) is 0. The van der Waals surface area contributed by atoms with Crippen LogP contribution in [0.3, 0.4) is 0 Å². The lowest BCUT2D eigenvalue weighted by molar-refractivity contribution is -0.459. The molecule has 2 nitrogen and oxygen atoms in total. The smallest absolute Gasteiger partial charge is 0.276 e. The van der Waals surface area contributed by atoms with Gasteiger partial charge in [0.2, 0.25) is 0 Å². The van der Waals surface area contributed by atoms with Crippen LogP contribution < -0.4 is 4.90 Å². The molecule has 0 aromatic heterocycles. The number of nitrogens with zero attached hydrogens (tertiary/aromatic N) is 1. The number of rotatable bonds is 9. The lowest BCUT2D eigenvalue weighted by Gasteiger charge is -2.43. The highest BCUT2D eigenvalue weighted by Crippen LogP contribution is 2.64. The molecule has 0 fully saturated rings. The number of halogens is 17. The molecule has 2 aromatic carbocycles. The van der Waals surface area contributed by atoms with E-state index in [-0.39, 0.29) is 0 Å². The molecule has 0 N–H and O–H groups in total. The fraction of sp³-hybridized carbons (Fsp3) is 0.381. The van der Waals surface area contributed by atoms with Gasteiger partial charge in [-0.05, 0) is 24.3 Å². The number of amides is 1. The van der Waals surface area contributed by atoms with Gasteiger partial charge >= 0.3 is 53.5 Å². The zero-order valence-electron chi connectivity index (χ0n) is 18.6. The van der Waals surface area contributed by atoms with E-state index >= 15 is 0 Å². The Morgan fingerprint density at radius 1 is 0.425 bits per heavy atom. The van der Waals surface area contributed by atoms with Gasteiger partial charge in [0.15, 0.2) is 0 Å². The van der Waals surface area contributed by atoms with Crippen molar-refractivity contribution in [2.24, 2.45) is 0 Å². The van der Waals surface area contributed by atoms with E-state index in [9.17, 15) is 79.4 Å². The Kier molecular flexibility index (Phi) is 7.96. The van der Waals surface area contributed by atoms with E-state index in [4.69, 9.17) is 0 Å². The molecule has 40 heavy (non-hydrogen) atoms. The summed E-state index contributed by atoms with van der Waals surface area (Å²) in [5, 5.41) is 0. The zero-order chi connectivity index (χ0) is 31.4. The van der Waals surface area contributed by atoms with E-state index in [0.717, 1.165) is 36.4 Å². The van der Waals surface area contributed by atoms with Crippen LogP contribution in [0.2, 0.25) is 0 Å². The zero-order valence-corrected chi connectivity index (χ0v) is 18.6. The van der Waals surface area contributed by atoms with Crippen LogP contribution in [0.4, 0.5) is 86.0 Å². The Bertz CT molecular complexity index is 1150. The molecule has 0 aliphatic heterocycles. The number of hydrogen-bond acceptors (Lipinski definition) is 1. The van der Waals surface area contributed by atoms with Gasteiger partial charge in [-0.25, -0.2) is 0 Å². The number of alkyl halides is 17. The van der Waals surface area contributed by atoms with Crippen LogP contribution in [0.5, 0.6) is 0 Å². The fourth-order valence-corrected chi connectivity index (χ4v) is 2.98. The molecule has 0 bridgehead atoms. The molecule has 2 aromatic rings. The Morgan fingerprint density at radius 2 is 0.700 bits per heavy atom. The number of para-hydroxylation sites is 2. The van der Waals surface area contributed by atoms with Crippen molar-refractivity contribution in [2.45, 2.75) is 47.6 Å². The number of carbonyl (C=O) groups is 1. The average Bonchev–Trinajstić information content (AvgIpc) is 2.84. The first-order chi connectivity index (χ1) is 17.7. The van der Waals surface area contributed by atoms with Crippen molar-refractivity contribution in [2.75, 3.05) is 4.90 Å². The van der Waals surface area contributed by atoms with Gasteiger partial charge in [0.25, 0.3) is 0 Å². The SMILES string of the molecule is O=C(N(c1ccccc1)c1ccccc1)C(F)(F)C(F)(F)C(F)(F)C(F)(F)C(F)(F)C(F)(F)C(F)(F)C(F)(F)F. The molecule has 19 heteroatoms. The second-order valence-corrected chi connectivity index (χ2v) is 7.83. The maximum atomic E-state index is 14.6. The van der Waals surface area contributed by atoms with Crippen LogP contribution in [0, 0.1) is 0 Å². The number of anilines is 2. The fourth-order valence-electron chi connectivity index (χ4n) is 2.98. The maximum Gasteiger partial charge on any atom is 0.460 e. The van der Waals surface area contributed by atoms with Gasteiger partial charge in [-0.15, -0.1) is 0 Å². The quantitative estimate of drug-likeness (QED) is 0.260. The number of hydrogen-bond donors (Lipinski definition) is 0. The summed E-state index contributed by atoms with van der Waals surface area (Å²) in [6, 6.07) is 8.97. The first kappa shape index (κ1) is 32.9. The van der Waals surface area contributed by atoms with Crippen LogP contribution in [-0.4, -0.2) is 53.5 Å². The van der Waals surface area contributed by atoms with Crippen molar-refractivity contribution in [3.8, 4) is 0 Å². The minimum absolute atomic E-state index is 0.493. The number of carbonyl (C=O) groups excluding carboxylic acids is 1. The molecule has 224 valence electrons. The summed E-state index contributed by atoms with van der Waals surface area (Å²) in [6.45, 7) is 0. The third kappa shape index (κ3) is 4.49. The lowest BCUT2D eigenvalue weighted by atomic mass is 9.88. The Hall–Kier alpha value is -3.28. The Morgan fingerprint density at radius 3 is 1.00 bits per heavy atom. The van der Waals surface area contributed by atoms with Gasteiger partial charge in [-0.1, -0.05) is 36.4 Å². The average molecular weight is 615 g/mol. The molecular weight excluding hydrogens is 605 g/mol. The van der Waals surface area contributed by atoms with Gasteiger partial charge in [0, 0.05) is 11.4 Å². The van der Waals surface area contributed by atoms with Crippen molar-refractivity contribution < 1.29 is 79.4 Å². The monoisotopic (exact) mass is 615 g/mol. The first-order valence-corrected chi connectivity index (χ1v) is 9.91. The molecule has 0 aliphatic rings. The standard InChI is InChI=1S/C21H10F17NO/c22-14(23,13(40)39(11-7-3-1-4-8-11)12-9-5-2-6-10-12)15(24,25)16(26,27)17(28,29)18(30,31)19(32,33)20(34,35)21(36,37)38/h1-10H. The van der Waals surface area contributed by atoms with E-state index in [1.807, 2.05) is 0 Å². The topological polar surface area (TPSA) is 20.3 Å². The molecule has 0 unspecified atom stereocenters. The van der Waals surface area contributed by atoms with Gasteiger partial charge < -0.3 is 0 Å². The predicted molar refractivity (Wildman–Crippen MR) is 101 cm³/mol. The molecule has 0 atom stereocenters. The van der Waals surface area contributed by atoms with Crippen molar-refractivity contribution in [1.29, 1.82) is 0 Å². The predicted octanol–water partition coefficient (Wildman–Crippen LogP) is 8.36.